The van der Waals surface area contributed by atoms with E-state index in [4.69, 9.17) is 20.6 Å². The van der Waals surface area contributed by atoms with Crippen LogP contribution in [0, 0.1) is 0 Å². The first-order chi connectivity index (χ1) is 16.0. The first kappa shape index (κ1) is 24.2. The highest BCUT2D eigenvalue weighted by Crippen LogP contribution is 2.61. The fourth-order valence-corrected chi connectivity index (χ4v) is 7.15. The van der Waals surface area contributed by atoms with Gasteiger partial charge in [0.2, 0.25) is 0 Å². The molecule has 0 fully saturated rings. The number of rotatable bonds is 9. The van der Waals surface area contributed by atoms with Gasteiger partial charge in [-0.05, 0) is 74.9 Å². The smallest absolute Gasteiger partial charge is 0.357 e. The van der Waals surface area contributed by atoms with Crippen molar-refractivity contribution in [2.75, 3.05) is 30.0 Å². The molecule has 0 bridgehead atoms. The van der Waals surface area contributed by atoms with E-state index in [1.165, 1.54) is 10.6 Å². The Morgan fingerprint density at radius 2 is 1.61 bits per heavy atom. The van der Waals surface area contributed by atoms with Crippen LogP contribution in [0.3, 0.4) is 0 Å². The maximum atomic E-state index is 13.9. The van der Waals surface area contributed by atoms with E-state index in [0.29, 0.717) is 5.02 Å². The lowest BCUT2D eigenvalue weighted by molar-refractivity contribution is 0.214. The zero-order valence-corrected chi connectivity index (χ0v) is 21.4. The molecule has 3 aromatic carbocycles. The van der Waals surface area contributed by atoms with Crippen LogP contribution < -0.4 is 10.2 Å². The van der Waals surface area contributed by atoms with Crippen molar-refractivity contribution in [3.8, 4) is 0 Å². The number of benzene rings is 3. The van der Waals surface area contributed by atoms with E-state index >= 15 is 0 Å². The second-order valence-electron chi connectivity index (χ2n) is 7.47. The standard InChI is InChI=1S/C25H28ClN2O3PS/c1-4-28-21-9-7-8-10-23(21)33-24-17-18(11-16-22(24)28)25(32(29,30-5-2)31-6-3)27-20-14-12-19(26)13-15-20/h7-17,25,27H,4-6H2,1-3H3. The molecule has 0 amide bonds. The van der Waals surface area contributed by atoms with Gasteiger partial charge in [-0.15, -0.1) is 0 Å². The van der Waals surface area contributed by atoms with Crippen LogP contribution in [-0.4, -0.2) is 19.8 Å². The summed E-state index contributed by atoms with van der Waals surface area (Å²) in [5.41, 5.74) is 3.97. The SMILES string of the molecule is CCOP(=O)(OCC)C(Nc1ccc(Cl)cc1)c1ccc2c(c1)Sc1ccccc1N2CC. The van der Waals surface area contributed by atoms with Gasteiger partial charge in [0.1, 0.15) is 0 Å². The van der Waals surface area contributed by atoms with Crippen LogP contribution in [0.4, 0.5) is 17.1 Å². The second-order valence-corrected chi connectivity index (χ2v) is 11.1. The Bertz CT molecular complexity index is 1150. The summed E-state index contributed by atoms with van der Waals surface area (Å²) < 4.78 is 25.4. The van der Waals surface area contributed by atoms with Crippen LogP contribution in [-0.2, 0) is 13.6 Å². The van der Waals surface area contributed by atoms with Gasteiger partial charge < -0.3 is 19.3 Å². The molecule has 0 saturated carbocycles. The number of nitrogens with zero attached hydrogens (tertiary/aromatic N) is 1. The van der Waals surface area contributed by atoms with Crippen molar-refractivity contribution in [3.05, 3.63) is 77.3 Å². The molecule has 1 unspecified atom stereocenters. The molecule has 3 aromatic rings. The molecule has 1 atom stereocenters. The van der Waals surface area contributed by atoms with E-state index in [-0.39, 0.29) is 13.2 Å². The van der Waals surface area contributed by atoms with Crippen molar-refractivity contribution in [1.82, 2.24) is 0 Å². The number of hydrogen-bond acceptors (Lipinski definition) is 6. The van der Waals surface area contributed by atoms with Gasteiger partial charge >= 0.3 is 7.60 Å². The molecule has 174 valence electrons. The monoisotopic (exact) mass is 502 g/mol. The van der Waals surface area contributed by atoms with Gasteiger partial charge in [0.05, 0.1) is 24.6 Å². The average Bonchev–Trinajstić information content (AvgIpc) is 2.82. The Balaban J connectivity index is 1.77. The maximum Gasteiger partial charge on any atom is 0.357 e. The Morgan fingerprint density at radius 1 is 0.939 bits per heavy atom. The van der Waals surface area contributed by atoms with Crippen molar-refractivity contribution in [3.63, 3.8) is 0 Å². The van der Waals surface area contributed by atoms with Gasteiger partial charge in [-0.3, -0.25) is 4.57 Å². The van der Waals surface area contributed by atoms with Crippen LogP contribution in [0.25, 0.3) is 0 Å². The lowest BCUT2D eigenvalue weighted by Crippen LogP contribution is -2.21. The number of halogens is 1. The molecule has 0 aromatic heterocycles. The summed E-state index contributed by atoms with van der Waals surface area (Å²) in [6.45, 7) is 7.22. The van der Waals surface area contributed by atoms with Gasteiger partial charge in [-0.2, -0.15) is 0 Å². The van der Waals surface area contributed by atoms with E-state index in [0.717, 1.165) is 28.4 Å². The largest absolute Gasteiger partial charge is 0.368 e. The molecule has 5 nitrogen and oxygen atoms in total. The van der Waals surface area contributed by atoms with Crippen molar-refractivity contribution in [1.29, 1.82) is 0 Å². The summed E-state index contributed by atoms with van der Waals surface area (Å²) in [7, 11) is -3.52. The van der Waals surface area contributed by atoms with Gasteiger partial charge in [-0.25, -0.2) is 0 Å². The Hall–Kier alpha value is -1.95. The molecule has 0 aliphatic carbocycles. The minimum Gasteiger partial charge on any atom is -0.368 e. The summed E-state index contributed by atoms with van der Waals surface area (Å²) in [5.74, 6) is -0.670. The number of para-hydroxylation sites is 1. The van der Waals surface area contributed by atoms with E-state index in [9.17, 15) is 4.57 Å². The molecule has 1 N–H and O–H groups in total. The number of anilines is 3. The third kappa shape index (κ3) is 5.11. The van der Waals surface area contributed by atoms with Crippen molar-refractivity contribution in [2.45, 2.75) is 36.3 Å². The predicted octanol–water partition coefficient (Wildman–Crippen LogP) is 8.34. The zero-order chi connectivity index (χ0) is 23.4. The highest BCUT2D eigenvalue weighted by atomic mass is 35.5. The van der Waals surface area contributed by atoms with Gasteiger partial charge in [-0.1, -0.05) is 41.6 Å². The molecule has 0 radical (unpaired) electrons. The van der Waals surface area contributed by atoms with E-state index in [1.807, 2.05) is 32.0 Å². The lowest BCUT2D eigenvalue weighted by Gasteiger charge is -2.33. The van der Waals surface area contributed by atoms with Gasteiger partial charge in [0, 0.05) is 27.0 Å². The zero-order valence-electron chi connectivity index (χ0n) is 19.0. The van der Waals surface area contributed by atoms with E-state index in [2.05, 4.69) is 53.5 Å². The van der Waals surface area contributed by atoms with E-state index < -0.39 is 13.4 Å². The summed E-state index contributed by atoms with van der Waals surface area (Å²) in [6.07, 6.45) is 0. The normalized spacial score (nSPS) is 13.9. The predicted molar refractivity (Wildman–Crippen MR) is 138 cm³/mol. The Kier molecular flexibility index (Phi) is 7.72. The molecule has 33 heavy (non-hydrogen) atoms. The Labute approximate surface area is 205 Å². The topological polar surface area (TPSA) is 50.8 Å². The van der Waals surface area contributed by atoms with Gasteiger partial charge in [0.25, 0.3) is 0 Å². The summed E-state index contributed by atoms with van der Waals surface area (Å²) >= 11 is 7.78. The van der Waals surface area contributed by atoms with Crippen LogP contribution in [0.1, 0.15) is 32.1 Å². The fraction of sp³-hybridized carbons (Fsp3) is 0.280. The van der Waals surface area contributed by atoms with E-state index in [1.54, 1.807) is 23.9 Å². The molecule has 1 aliphatic heterocycles. The number of hydrogen-bond donors (Lipinski definition) is 1. The summed E-state index contributed by atoms with van der Waals surface area (Å²) in [4.78, 5) is 4.61. The lowest BCUT2D eigenvalue weighted by atomic mass is 10.1. The van der Waals surface area contributed by atoms with Crippen LogP contribution in [0.5, 0.6) is 0 Å². The van der Waals surface area contributed by atoms with Crippen LogP contribution in [0.2, 0.25) is 5.02 Å². The molecular formula is C25H28ClN2O3PS. The summed E-state index contributed by atoms with van der Waals surface area (Å²) in [5, 5.41) is 4.03. The summed E-state index contributed by atoms with van der Waals surface area (Å²) in [6, 6.07) is 21.9. The molecule has 1 heterocycles. The first-order valence-electron chi connectivity index (χ1n) is 11.1. The molecule has 0 saturated heterocycles. The molecular weight excluding hydrogens is 475 g/mol. The molecule has 8 heteroatoms. The second kappa shape index (κ2) is 10.5. The molecule has 0 spiro atoms. The molecule has 4 rings (SSSR count). The highest BCUT2D eigenvalue weighted by Gasteiger charge is 2.38. The van der Waals surface area contributed by atoms with Crippen LogP contribution >= 0.6 is 31.0 Å². The maximum absolute atomic E-state index is 13.9. The highest BCUT2D eigenvalue weighted by molar-refractivity contribution is 7.99. The quantitative estimate of drug-likeness (QED) is 0.297. The average molecular weight is 503 g/mol. The van der Waals surface area contributed by atoms with Crippen molar-refractivity contribution in [2.24, 2.45) is 0 Å². The number of nitrogens with one attached hydrogen (secondary N) is 1. The van der Waals surface area contributed by atoms with Crippen molar-refractivity contribution >= 4 is 48.0 Å². The third-order valence-electron chi connectivity index (χ3n) is 5.36. The fourth-order valence-electron chi connectivity index (χ4n) is 3.96. The Morgan fingerprint density at radius 3 is 2.27 bits per heavy atom. The third-order valence-corrected chi connectivity index (χ3v) is 9.02. The minimum atomic E-state index is -3.52. The minimum absolute atomic E-state index is 0.284. The first-order valence-corrected chi connectivity index (χ1v) is 13.9. The van der Waals surface area contributed by atoms with Crippen LogP contribution in [0.15, 0.2) is 76.5 Å². The number of fused-ring (bicyclic) bond motifs is 2. The van der Waals surface area contributed by atoms with Gasteiger partial charge in [0.15, 0.2) is 5.78 Å². The molecule has 1 aliphatic rings. The van der Waals surface area contributed by atoms with Crippen molar-refractivity contribution < 1.29 is 13.6 Å².